The third-order valence-electron chi connectivity index (χ3n) is 5.20. The molecule has 0 aliphatic carbocycles. The number of aryl methyl sites for hydroxylation is 3. The maximum absolute atomic E-state index is 12.9. The molecule has 3 aromatic rings. The Kier molecular flexibility index (Phi) is 5.20. The van der Waals surface area contributed by atoms with Crippen LogP contribution in [0.3, 0.4) is 0 Å². The molecule has 0 spiro atoms. The van der Waals surface area contributed by atoms with Gasteiger partial charge < -0.3 is 9.42 Å². The highest BCUT2D eigenvalue weighted by Gasteiger charge is 2.34. The van der Waals surface area contributed by atoms with Crippen molar-refractivity contribution in [2.24, 2.45) is 0 Å². The van der Waals surface area contributed by atoms with Crippen LogP contribution in [0.4, 0.5) is 0 Å². The van der Waals surface area contributed by atoms with E-state index in [0.29, 0.717) is 24.5 Å². The molecule has 0 bridgehead atoms. The van der Waals surface area contributed by atoms with E-state index in [0.717, 1.165) is 11.4 Å². The van der Waals surface area contributed by atoms with Crippen LogP contribution in [0.1, 0.15) is 27.6 Å². The van der Waals surface area contributed by atoms with Crippen molar-refractivity contribution in [1.29, 1.82) is 0 Å². The van der Waals surface area contributed by atoms with Crippen LogP contribution in [0.15, 0.2) is 45.8 Å². The Balaban J connectivity index is 1.48. The van der Waals surface area contributed by atoms with Gasteiger partial charge in [-0.05, 0) is 39.0 Å². The van der Waals surface area contributed by atoms with E-state index < -0.39 is 10.0 Å². The average molecular weight is 430 g/mol. The normalized spacial score (nSPS) is 15.5. The van der Waals surface area contributed by atoms with E-state index in [2.05, 4.69) is 10.3 Å². The van der Waals surface area contributed by atoms with Crippen molar-refractivity contribution in [2.45, 2.75) is 25.7 Å². The maximum Gasteiger partial charge on any atom is 0.274 e. The Hall–Kier alpha value is -2.98. The van der Waals surface area contributed by atoms with Gasteiger partial charge in [-0.1, -0.05) is 23.4 Å². The van der Waals surface area contributed by atoms with Gasteiger partial charge in [-0.2, -0.15) is 9.40 Å². The van der Waals surface area contributed by atoms with E-state index >= 15 is 0 Å². The van der Waals surface area contributed by atoms with Crippen molar-refractivity contribution < 1.29 is 17.7 Å². The molecule has 1 amide bonds. The molecule has 1 fully saturated rings. The average Bonchev–Trinajstić information content (AvgIpc) is 3.30. The first-order valence-corrected chi connectivity index (χ1v) is 11.1. The summed E-state index contributed by atoms with van der Waals surface area (Å²) in [5, 5.41) is 8.20. The minimum atomic E-state index is -3.71. The first kappa shape index (κ1) is 20.3. The summed E-state index contributed by atoms with van der Waals surface area (Å²) in [7, 11) is -3.71. The molecule has 0 atom stereocenters. The molecule has 158 valence electrons. The van der Waals surface area contributed by atoms with Crippen molar-refractivity contribution in [3.63, 3.8) is 0 Å². The number of para-hydroxylation sites is 1. The molecule has 3 heterocycles. The third kappa shape index (κ3) is 3.52. The number of benzene rings is 1. The number of carbonyl (C=O) groups is 1. The van der Waals surface area contributed by atoms with E-state index in [1.165, 1.54) is 4.31 Å². The highest BCUT2D eigenvalue weighted by Crippen LogP contribution is 2.24. The second kappa shape index (κ2) is 7.69. The van der Waals surface area contributed by atoms with Gasteiger partial charge >= 0.3 is 0 Å². The minimum Gasteiger partial charge on any atom is -0.360 e. The molecule has 2 aromatic heterocycles. The molecule has 30 heavy (non-hydrogen) atoms. The molecule has 0 saturated carbocycles. The fourth-order valence-corrected chi connectivity index (χ4v) is 5.39. The monoisotopic (exact) mass is 429 g/mol. The number of carbonyl (C=O) groups excluding carboxylic acids is 1. The smallest absolute Gasteiger partial charge is 0.274 e. The Labute approximate surface area is 174 Å². The number of hydrogen-bond acceptors (Lipinski definition) is 6. The number of aromatic nitrogens is 3. The lowest BCUT2D eigenvalue weighted by Crippen LogP contribution is -2.50. The Morgan fingerprint density at radius 3 is 2.30 bits per heavy atom. The van der Waals surface area contributed by atoms with Crippen LogP contribution in [-0.2, 0) is 10.0 Å². The number of amides is 1. The van der Waals surface area contributed by atoms with Crippen molar-refractivity contribution in [3.8, 4) is 5.69 Å². The molecule has 0 unspecified atom stereocenters. The van der Waals surface area contributed by atoms with Crippen molar-refractivity contribution in [1.82, 2.24) is 24.1 Å². The van der Waals surface area contributed by atoms with Crippen molar-refractivity contribution >= 4 is 15.9 Å². The van der Waals surface area contributed by atoms with Gasteiger partial charge in [-0.25, -0.2) is 13.1 Å². The van der Waals surface area contributed by atoms with Gasteiger partial charge in [0.25, 0.3) is 5.91 Å². The lowest BCUT2D eigenvalue weighted by atomic mass is 10.3. The molecule has 9 nitrogen and oxygen atoms in total. The molecule has 0 N–H and O–H groups in total. The quantitative estimate of drug-likeness (QED) is 0.628. The van der Waals surface area contributed by atoms with Gasteiger partial charge in [0.1, 0.15) is 10.6 Å². The maximum atomic E-state index is 12.9. The van der Waals surface area contributed by atoms with Crippen LogP contribution in [0.25, 0.3) is 5.69 Å². The fourth-order valence-electron chi connectivity index (χ4n) is 3.68. The molecule has 1 saturated heterocycles. The highest BCUT2D eigenvalue weighted by atomic mass is 32.2. The highest BCUT2D eigenvalue weighted by molar-refractivity contribution is 7.89. The second-order valence-electron chi connectivity index (χ2n) is 7.27. The van der Waals surface area contributed by atoms with Gasteiger partial charge in [-0.3, -0.25) is 4.79 Å². The van der Waals surface area contributed by atoms with Gasteiger partial charge in [0.05, 0.1) is 5.69 Å². The summed E-state index contributed by atoms with van der Waals surface area (Å²) in [4.78, 5) is 14.7. The third-order valence-corrected chi connectivity index (χ3v) is 7.34. The largest absolute Gasteiger partial charge is 0.360 e. The molecule has 4 rings (SSSR count). The Bertz CT molecular complexity index is 1160. The van der Waals surface area contributed by atoms with E-state index in [9.17, 15) is 13.2 Å². The number of piperazine rings is 1. The summed E-state index contributed by atoms with van der Waals surface area (Å²) in [5.74, 6) is 0.0649. The van der Waals surface area contributed by atoms with Crippen LogP contribution >= 0.6 is 0 Å². The van der Waals surface area contributed by atoms with E-state index in [-0.39, 0.29) is 29.7 Å². The molecule has 0 radical (unpaired) electrons. The van der Waals surface area contributed by atoms with Crippen LogP contribution in [0, 0.1) is 20.8 Å². The lowest BCUT2D eigenvalue weighted by molar-refractivity contribution is 0.0691. The van der Waals surface area contributed by atoms with Gasteiger partial charge in [-0.15, -0.1) is 0 Å². The second-order valence-corrected chi connectivity index (χ2v) is 9.14. The van der Waals surface area contributed by atoms with Gasteiger partial charge in [0.15, 0.2) is 11.5 Å². The van der Waals surface area contributed by atoms with Crippen molar-refractivity contribution in [2.75, 3.05) is 26.2 Å². The number of nitrogens with zero attached hydrogens (tertiary/aromatic N) is 5. The van der Waals surface area contributed by atoms with Crippen LogP contribution < -0.4 is 0 Å². The van der Waals surface area contributed by atoms with Crippen LogP contribution in [0.2, 0.25) is 0 Å². The zero-order valence-electron chi connectivity index (χ0n) is 17.1. The number of rotatable bonds is 4. The molecule has 10 heteroatoms. The number of hydrogen-bond donors (Lipinski definition) is 0. The van der Waals surface area contributed by atoms with E-state index in [1.54, 1.807) is 29.5 Å². The summed E-state index contributed by atoms with van der Waals surface area (Å²) < 4.78 is 34.0. The number of sulfonamides is 1. The summed E-state index contributed by atoms with van der Waals surface area (Å²) in [6.07, 6.45) is 0. The topological polar surface area (TPSA) is 102 Å². The fraction of sp³-hybridized carbons (Fsp3) is 0.350. The van der Waals surface area contributed by atoms with Crippen LogP contribution in [0.5, 0.6) is 0 Å². The van der Waals surface area contributed by atoms with E-state index in [1.807, 2.05) is 37.3 Å². The lowest BCUT2D eigenvalue weighted by Gasteiger charge is -2.33. The summed E-state index contributed by atoms with van der Waals surface area (Å²) in [6, 6.07) is 11.3. The standard InChI is InChI=1S/C20H23N5O4S/c1-14-13-18(21-25(14)17-7-5-4-6-8-17)20(26)23-9-11-24(12-10-23)30(27,28)19-15(2)22-29-16(19)3/h4-8,13H,9-12H2,1-3H3. The minimum absolute atomic E-state index is 0.111. The first-order valence-electron chi connectivity index (χ1n) is 9.63. The summed E-state index contributed by atoms with van der Waals surface area (Å²) >= 11 is 0. The first-order chi connectivity index (χ1) is 14.3. The predicted molar refractivity (Wildman–Crippen MR) is 109 cm³/mol. The molecule has 1 aliphatic rings. The zero-order chi connectivity index (χ0) is 21.5. The van der Waals surface area contributed by atoms with Crippen molar-refractivity contribution in [3.05, 3.63) is 59.2 Å². The predicted octanol–water partition coefficient (Wildman–Crippen LogP) is 1.93. The Morgan fingerprint density at radius 2 is 1.70 bits per heavy atom. The summed E-state index contributed by atoms with van der Waals surface area (Å²) in [5.41, 5.74) is 2.42. The van der Waals surface area contributed by atoms with Gasteiger partial charge in [0, 0.05) is 31.9 Å². The molecular formula is C20H23N5O4S. The zero-order valence-corrected chi connectivity index (χ0v) is 17.9. The molecule has 1 aromatic carbocycles. The Morgan fingerprint density at radius 1 is 1.03 bits per heavy atom. The van der Waals surface area contributed by atoms with E-state index in [4.69, 9.17) is 4.52 Å². The van der Waals surface area contributed by atoms with Crippen LogP contribution in [-0.4, -0.2) is 64.6 Å². The molecular weight excluding hydrogens is 406 g/mol. The van der Waals surface area contributed by atoms with Gasteiger partial charge in [0.2, 0.25) is 10.0 Å². The summed E-state index contributed by atoms with van der Waals surface area (Å²) in [6.45, 7) is 6.07. The molecule has 1 aliphatic heterocycles. The SMILES string of the molecule is Cc1noc(C)c1S(=O)(=O)N1CCN(C(=O)c2cc(C)n(-c3ccccc3)n2)CC1.